The summed E-state index contributed by atoms with van der Waals surface area (Å²) in [5.41, 5.74) is 1.72. The monoisotopic (exact) mass is 266 g/mol. The van der Waals surface area contributed by atoms with Crippen LogP contribution in [0.3, 0.4) is 0 Å². The molecule has 0 spiro atoms. The molecule has 104 valence electrons. The molecular weight excluding hydrogens is 247 g/mol. The first-order chi connectivity index (χ1) is 9.13. The number of hydrogen-bond donors (Lipinski definition) is 1. The quantitative estimate of drug-likeness (QED) is 0.841. The van der Waals surface area contributed by atoms with Gasteiger partial charge in [0, 0.05) is 25.3 Å². The number of benzene rings is 1. The zero-order valence-corrected chi connectivity index (χ0v) is 11.3. The van der Waals surface area contributed by atoms with Gasteiger partial charge in [0.2, 0.25) is 0 Å². The van der Waals surface area contributed by atoms with Crippen LogP contribution < -0.4 is 10.2 Å². The molecule has 0 saturated carbocycles. The van der Waals surface area contributed by atoms with E-state index in [2.05, 4.69) is 5.32 Å². The van der Waals surface area contributed by atoms with E-state index in [-0.39, 0.29) is 17.8 Å². The minimum absolute atomic E-state index is 0.238. The van der Waals surface area contributed by atoms with Crippen molar-refractivity contribution in [1.82, 2.24) is 5.32 Å². The maximum atomic E-state index is 13.2. The lowest BCUT2D eigenvalue weighted by Gasteiger charge is -2.37. The van der Waals surface area contributed by atoms with E-state index in [1.807, 2.05) is 11.8 Å². The van der Waals surface area contributed by atoms with Crippen LogP contribution in [-0.2, 0) is 9.53 Å². The average Bonchev–Trinajstić information content (AvgIpc) is 2.39. The van der Waals surface area contributed by atoms with E-state index < -0.39 is 0 Å². The summed E-state index contributed by atoms with van der Waals surface area (Å²) in [6.45, 7) is 6.06. The summed E-state index contributed by atoms with van der Waals surface area (Å²) >= 11 is 0. The highest BCUT2D eigenvalue weighted by molar-refractivity contribution is 5.81. The average molecular weight is 266 g/mol. The number of piperazine rings is 1. The molecule has 1 saturated heterocycles. The number of carbonyl (C=O) groups excluding carboxylic acids is 1. The molecule has 1 fully saturated rings. The molecule has 5 heteroatoms. The zero-order chi connectivity index (χ0) is 13.8. The van der Waals surface area contributed by atoms with Crippen molar-refractivity contribution in [2.45, 2.75) is 19.9 Å². The van der Waals surface area contributed by atoms with E-state index >= 15 is 0 Å². The number of halogens is 1. The third-order valence-electron chi connectivity index (χ3n) is 3.27. The number of esters is 1. The second-order valence-corrected chi connectivity index (χ2v) is 4.60. The molecule has 0 bridgehead atoms. The van der Waals surface area contributed by atoms with Crippen molar-refractivity contribution >= 4 is 11.7 Å². The highest BCUT2D eigenvalue weighted by Crippen LogP contribution is 2.24. The predicted molar refractivity (Wildman–Crippen MR) is 71.8 cm³/mol. The molecule has 0 aromatic heterocycles. The first-order valence-corrected chi connectivity index (χ1v) is 6.53. The van der Waals surface area contributed by atoms with Crippen LogP contribution in [0.25, 0.3) is 0 Å². The number of aryl methyl sites for hydroxylation is 1. The van der Waals surface area contributed by atoms with E-state index in [4.69, 9.17) is 4.74 Å². The molecule has 1 unspecified atom stereocenters. The fourth-order valence-electron chi connectivity index (χ4n) is 2.38. The van der Waals surface area contributed by atoms with Gasteiger partial charge in [-0.2, -0.15) is 0 Å². The number of anilines is 1. The van der Waals surface area contributed by atoms with Gasteiger partial charge < -0.3 is 15.0 Å². The lowest BCUT2D eigenvalue weighted by atomic mass is 10.1. The normalized spacial score (nSPS) is 19.3. The number of hydrogen-bond acceptors (Lipinski definition) is 4. The van der Waals surface area contributed by atoms with E-state index in [9.17, 15) is 9.18 Å². The summed E-state index contributed by atoms with van der Waals surface area (Å²) in [5, 5.41) is 3.19. The molecule has 0 radical (unpaired) electrons. The molecular formula is C14H19FN2O2. The van der Waals surface area contributed by atoms with Crippen molar-refractivity contribution in [2.75, 3.05) is 31.1 Å². The van der Waals surface area contributed by atoms with Crippen LogP contribution in [0.5, 0.6) is 0 Å². The Bertz CT molecular complexity index is 465. The number of nitrogens with one attached hydrogen (secondary N) is 1. The van der Waals surface area contributed by atoms with Crippen molar-refractivity contribution in [3.8, 4) is 0 Å². The molecule has 1 heterocycles. The lowest BCUT2D eigenvalue weighted by molar-refractivity contribution is -0.144. The van der Waals surface area contributed by atoms with Crippen molar-refractivity contribution < 1.29 is 13.9 Å². The topological polar surface area (TPSA) is 41.6 Å². The molecule has 0 aliphatic carbocycles. The van der Waals surface area contributed by atoms with Gasteiger partial charge in [-0.25, -0.2) is 9.18 Å². The van der Waals surface area contributed by atoms with E-state index in [0.29, 0.717) is 19.7 Å². The van der Waals surface area contributed by atoms with Gasteiger partial charge in [-0.3, -0.25) is 0 Å². The summed E-state index contributed by atoms with van der Waals surface area (Å²) in [6, 6.07) is 4.28. The van der Waals surface area contributed by atoms with Crippen LogP contribution in [-0.4, -0.2) is 38.3 Å². The third-order valence-corrected chi connectivity index (χ3v) is 3.27. The highest BCUT2D eigenvalue weighted by Gasteiger charge is 2.30. The smallest absolute Gasteiger partial charge is 0.330 e. The van der Waals surface area contributed by atoms with Crippen molar-refractivity contribution in [3.05, 3.63) is 29.6 Å². The van der Waals surface area contributed by atoms with Crippen LogP contribution in [0.2, 0.25) is 0 Å². The van der Waals surface area contributed by atoms with Gasteiger partial charge in [0.1, 0.15) is 11.9 Å². The van der Waals surface area contributed by atoms with Gasteiger partial charge in [0.05, 0.1) is 6.61 Å². The number of nitrogens with zero attached hydrogens (tertiary/aromatic N) is 1. The van der Waals surface area contributed by atoms with Crippen LogP contribution in [0.15, 0.2) is 18.2 Å². The molecule has 19 heavy (non-hydrogen) atoms. The minimum atomic E-state index is -0.349. The van der Waals surface area contributed by atoms with Gasteiger partial charge >= 0.3 is 5.97 Å². The van der Waals surface area contributed by atoms with Crippen LogP contribution in [0.1, 0.15) is 12.5 Å². The molecule has 1 aromatic rings. The Kier molecular flexibility index (Phi) is 4.37. The standard InChI is InChI=1S/C14H19FN2O2/c1-3-19-14(18)13-9-16-6-7-17(13)12-5-4-11(15)8-10(12)2/h4-5,8,13,16H,3,6-7,9H2,1-2H3. The lowest BCUT2D eigenvalue weighted by Crippen LogP contribution is -2.55. The Labute approximate surface area is 112 Å². The van der Waals surface area contributed by atoms with Crippen molar-refractivity contribution in [1.29, 1.82) is 0 Å². The fraction of sp³-hybridized carbons (Fsp3) is 0.500. The van der Waals surface area contributed by atoms with E-state index in [1.54, 1.807) is 13.0 Å². The maximum absolute atomic E-state index is 13.2. The molecule has 1 aromatic carbocycles. The number of carbonyl (C=O) groups is 1. The molecule has 2 rings (SSSR count). The van der Waals surface area contributed by atoms with Crippen LogP contribution in [0.4, 0.5) is 10.1 Å². The fourth-order valence-corrected chi connectivity index (χ4v) is 2.38. The SMILES string of the molecule is CCOC(=O)C1CNCCN1c1ccc(F)cc1C. The third kappa shape index (κ3) is 3.04. The first-order valence-electron chi connectivity index (χ1n) is 6.53. The Balaban J connectivity index is 2.26. The van der Waals surface area contributed by atoms with E-state index in [1.165, 1.54) is 12.1 Å². The van der Waals surface area contributed by atoms with E-state index in [0.717, 1.165) is 17.8 Å². The number of rotatable bonds is 3. The van der Waals surface area contributed by atoms with Gasteiger partial charge in [0.15, 0.2) is 0 Å². The molecule has 1 aliphatic rings. The van der Waals surface area contributed by atoms with Gasteiger partial charge in [-0.15, -0.1) is 0 Å². The Morgan fingerprint density at radius 2 is 2.37 bits per heavy atom. The Morgan fingerprint density at radius 1 is 1.58 bits per heavy atom. The largest absolute Gasteiger partial charge is 0.464 e. The minimum Gasteiger partial charge on any atom is -0.464 e. The van der Waals surface area contributed by atoms with Crippen LogP contribution in [0, 0.1) is 12.7 Å². The highest BCUT2D eigenvalue weighted by atomic mass is 19.1. The van der Waals surface area contributed by atoms with Gasteiger partial charge in [-0.05, 0) is 37.6 Å². The Hall–Kier alpha value is -1.62. The van der Waals surface area contributed by atoms with Crippen molar-refractivity contribution in [3.63, 3.8) is 0 Å². The second-order valence-electron chi connectivity index (χ2n) is 4.60. The summed E-state index contributed by atoms with van der Waals surface area (Å²) < 4.78 is 18.3. The molecule has 1 aliphatic heterocycles. The maximum Gasteiger partial charge on any atom is 0.330 e. The molecule has 1 N–H and O–H groups in total. The molecule has 1 atom stereocenters. The summed E-state index contributed by atoms with van der Waals surface area (Å²) in [5.74, 6) is -0.498. The van der Waals surface area contributed by atoms with Gasteiger partial charge in [-0.1, -0.05) is 0 Å². The van der Waals surface area contributed by atoms with Crippen molar-refractivity contribution in [2.24, 2.45) is 0 Å². The molecule has 0 amide bonds. The van der Waals surface area contributed by atoms with Crippen LogP contribution >= 0.6 is 0 Å². The first kappa shape index (κ1) is 13.8. The zero-order valence-electron chi connectivity index (χ0n) is 11.3. The molecule has 4 nitrogen and oxygen atoms in total. The number of ether oxygens (including phenoxy) is 1. The second kappa shape index (κ2) is 6.02. The predicted octanol–water partition coefficient (Wildman–Crippen LogP) is 1.48. The summed E-state index contributed by atoms with van der Waals surface area (Å²) in [6.07, 6.45) is 0. The summed E-state index contributed by atoms with van der Waals surface area (Å²) in [4.78, 5) is 14.0. The summed E-state index contributed by atoms with van der Waals surface area (Å²) in [7, 11) is 0. The van der Waals surface area contributed by atoms with Gasteiger partial charge in [0.25, 0.3) is 0 Å². The Morgan fingerprint density at radius 3 is 3.05 bits per heavy atom.